The van der Waals surface area contributed by atoms with Crippen molar-refractivity contribution in [3.63, 3.8) is 0 Å². The topological polar surface area (TPSA) is 51.6 Å². The van der Waals surface area contributed by atoms with Crippen molar-refractivity contribution in [2.45, 2.75) is 12.8 Å². The molecule has 1 aromatic carbocycles. The van der Waals surface area contributed by atoms with Crippen molar-refractivity contribution >= 4 is 0 Å². The zero-order valence-electron chi connectivity index (χ0n) is 11.8. The van der Waals surface area contributed by atoms with Crippen molar-refractivity contribution in [2.24, 2.45) is 0 Å². The average Bonchev–Trinajstić information content (AvgIpc) is 2.52. The summed E-state index contributed by atoms with van der Waals surface area (Å²) in [4.78, 5) is 4.39. The predicted molar refractivity (Wildman–Crippen MR) is 78.2 cm³/mol. The van der Waals surface area contributed by atoms with Crippen molar-refractivity contribution in [3.05, 3.63) is 42.1 Å². The number of hydrogen-bond acceptors (Lipinski definition) is 4. The summed E-state index contributed by atoms with van der Waals surface area (Å²) >= 11 is 0. The van der Waals surface area contributed by atoms with Gasteiger partial charge in [-0.2, -0.15) is 0 Å². The molecule has 0 unspecified atom stereocenters. The molecular weight excluding hydrogens is 254 g/mol. The second-order valence-electron chi connectivity index (χ2n) is 4.48. The Morgan fingerprint density at radius 3 is 2.35 bits per heavy atom. The van der Waals surface area contributed by atoms with E-state index in [1.54, 1.807) is 20.4 Å². The van der Waals surface area contributed by atoms with E-state index >= 15 is 0 Å². The molecule has 0 spiro atoms. The van der Waals surface area contributed by atoms with Gasteiger partial charge < -0.3 is 14.6 Å². The maximum absolute atomic E-state index is 8.90. The third-order valence-corrected chi connectivity index (χ3v) is 3.10. The van der Waals surface area contributed by atoms with Crippen LogP contribution in [0.5, 0.6) is 11.5 Å². The van der Waals surface area contributed by atoms with Crippen LogP contribution in [0.2, 0.25) is 0 Å². The minimum atomic E-state index is 0.199. The maximum atomic E-state index is 8.90. The fourth-order valence-corrected chi connectivity index (χ4v) is 2.03. The Morgan fingerprint density at radius 2 is 1.75 bits per heavy atom. The zero-order chi connectivity index (χ0) is 14.4. The van der Waals surface area contributed by atoms with Gasteiger partial charge in [0.25, 0.3) is 0 Å². The Morgan fingerprint density at radius 1 is 1.05 bits per heavy atom. The third-order valence-electron chi connectivity index (χ3n) is 3.10. The molecule has 4 heteroatoms. The number of aromatic nitrogens is 1. The highest BCUT2D eigenvalue weighted by Gasteiger charge is 2.06. The van der Waals surface area contributed by atoms with E-state index in [1.807, 2.05) is 30.3 Å². The molecule has 0 aliphatic carbocycles. The standard InChI is InChI=1S/C16H19NO3/c1-19-14-9-13(10-15(11-14)20-2)16-8-12(4-3-7-18)5-6-17-16/h5-6,8-11,18H,3-4,7H2,1-2H3. The summed E-state index contributed by atoms with van der Waals surface area (Å²) in [6.45, 7) is 0.199. The zero-order valence-corrected chi connectivity index (χ0v) is 11.8. The quantitative estimate of drug-likeness (QED) is 0.879. The Labute approximate surface area is 119 Å². The molecule has 0 aliphatic rings. The summed E-state index contributed by atoms with van der Waals surface area (Å²) in [5.74, 6) is 1.48. The first kappa shape index (κ1) is 14.3. The average molecular weight is 273 g/mol. The van der Waals surface area contributed by atoms with Gasteiger partial charge in [-0.15, -0.1) is 0 Å². The molecule has 1 aromatic heterocycles. The van der Waals surface area contributed by atoms with E-state index in [0.717, 1.165) is 41.2 Å². The molecule has 2 rings (SSSR count). The van der Waals surface area contributed by atoms with Gasteiger partial charge in [0.15, 0.2) is 0 Å². The van der Waals surface area contributed by atoms with Gasteiger partial charge in [-0.05, 0) is 42.7 Å². The lowest BCUT2D eigenvalue weighted by Gasteiger charge is -2.09. The summed E-state index contributed by atoms with van der Waals surface area (Å²) in [5, 5.41) is 8.90. The second kappa shape index (κ2) is 6.91. The number of nitrogens with zero attached hydrogens (tertiary/aromatic N) is 1. The van der Waals surface area contributed by atoms with Gasteiger partial charge in [0.2, 0.25) is 0 Å². The first-order chi connectivity index (χ1) is 9.76. The Hall–Kier alpha value is -2.07. The van der Waals surface area contributed by atoms with Crippen LogP contribution in [0.25, 0.3) is 11.3 Å². The predicted octanol–water partition coefficient (Wildman–Crippen LogP) is 2.69. The van der Waals surface area contributed by atoms with E-state index in [0.29, 0.717) is 0 Å². The summed E-state index contributed by atoms with van der Waals surface area (Å²) < 4.78 is 10.5. The van der Waals surface area contributed by atoms with Crippen LogP contribution in [0, 0.1) is 0 Å². The number of ether oxygens (including phenoxy) is 2. The van der Waals surface area contributed by atoms with E-state index in [2.05, 4.69) is 4.98 Å². The molecule has 4 nitrogen and oxygen atoms in total. The van der Waals surface area contributed by atoms with Crippen molar-refractivity contribution < 1.29 is 14.6 Å². The fraction of sp³-hybridized carbons (Fsp3) is 0.312. The van der Waals surface area contributed by atoms with E-state index < -0.39 is 0 Å². The number of rotatable bonds is 6. The van der Waals surface area contributed by atoms with Crippen LogP contribution in [-0.4, -0.2) is 30.9 Å². The van der Waals surface area contributed by atoms with E-state index in [1.165, 1.54) is 0 Å². The van der Waals surface area contributed by atoms with Crippen molar-refractivity contribution in [1.82, 2.24) is 4.98 Å². The number of aryl methyl sites for hydroxylation is 1. The number of aliphatic hydroxyl groups excluding tert-OH is 1. The van der Waals surface area contributed by atoms with Gasteiger partial charge in [-0.1, -0.05) is 0 Å². The lowest BCUT2D eigenvalue weighted by Crippen LogP contribution is -1.93. The van der Waals surface area contributed by atoms with Gasteiger partial charge in [0, 0.05) is 24.4 Å². The fourth-order valence-electron chi connectivity index (χ4n) is 2.03. The van der Waals surface area contributed by atoms with Gasteiger partial charge in [-0.3, -0.25) is 4.98 Å². The second-order valence-corrected chi connectivity index (χ2v) is 4.48. The molecule has 0 fully saturated rings. The van der Waals surface area contributed by atoms with Crippen LogP contribution in [0.1, 0.15) is 12.0 Å². The lowest BCUT2D eigenvalue weighted by molar-refractivity contribution is 0.288. The molecule has 2 aromatic rings. The van der Waals surface area contributed by atoms with Crippen molar-refractivity contribution in [3.8, 4) is 22.8 Å². The molecule has 106 valence electrons. The molecule has 0 atom stereocenters. The van der Waals surface area contributed by atoms with Gasteiger partial charge >= 0.3 is 0 Å². The third kappa shape index (κ3) is 3.48. The molecule has 0 aliphatic heterocycles. The van der Waals surface area contributed by atoms with Crippen LogP contribution in [0.3, 0.4) is 0 Å². The smallest absolute Gasteiger partial charge is 0.123 e. The Balaban J connectivity index is 2.34. The summed E-state index contributed by atoms with van der Waals surface area (Å²) in [6, 6.07) is 9.70. The van der Waals surface area contributed by atoms with Crippen LogP contribution in [0.15, 0.2) is 36.5 Å². The molecule has 20 heavy (non-hydrogen) atoms. The molecule has 0 saturated carbocycles. The van der Waals surface area contributed by atoms with Gasteiger partial charge in [-0.25, -0.2) is 0 Å². The number of pyridine rings is 1. The molecule has 1 N–H and O–H groups in total. The highest BCUT2D eigenvalue weighted by molar-refractivity contribution is 5.64. The number of methoxy groups -OCH3 is 2. The summed E-state index contributed by atoms with van der Waals surface area (Å²) in [6.07, 6.45) is 3.38. The first-order valence-corrected chi connectivity index (χ1v) is 6.56. The molecule has 0 bridgehead atoms. The van der Waals surface area contributed by atoms with Crippen molar-refractivity contribution in [2.75, 3.05) is 20.8 Å². The van der Waals surface area contributed by atoms with E-state index in [9.17, 15) is 0 Å². The highest BCUT2D eigenvalue weighted by atomic mass is 16.5. The van der Waals surface area contributed by atoms with E-state index in [-0.39, 0.29) is 6.61 Å². The van der Waals surface area contributed by atoms with Crippen LogP contribution >= 0.6 is 0 Å². The minimum absolute atomic E-state index is 0.199. The molecule has 1 heterocycles. The SMILES string of the molecule is COc1cc(OC)cc(-c2cc(CCCO)ccn2)c1. The Kier molecular flexibility index (Phi) is 4.96. The number of aliphatic hydroxyl groups is 1. The number of benzene rings is 1. The van der Waals surface area contributed by atoms with Crippen molar-refractivity contribution in [1.29, 1.82) is 0 Å². The largest absolute Gasteiger partial charge is 0.497 e. The number of hydrogen-bond donors (Lipinski definition) is 1. The van der Waals surface area contributed by atoms with Crippen LogP contribution in [-0.2, 0) is 6.42 Å². The molecule has 0 saturated heterocycles. The van der Waals surface area contributed by atoms with Gasteiger partial charge in [0.1, 0.15) is 11.5 Å². The highest BCUT2D eigenvalue weighted by Crippen LogP contribution is 2.29. The molecular formula is C16H19NO3. The Bertz CT molecular complexity index is 547. The normalized spacial score (nSPS) is 10.3. The maximum Gasteiger partial charge on any atom is 0.123 e. The molecule has 0 radical (unpaired) electrons. The van der Waals surface area contributed by atoms with E-state index in [4.69, 9.17) is 14.6 Å². The lowest BCUT2D eigenvalue weighted by atomic mass is 10.1. The minimum Gasteiger partial charge on any atom is -0.497 e. The monoisotopic (exact) mass is 273 g/mol. The summed E-state index contributed by atoms with van der Waals surface area (Å²) in [5.41, 5.74) is 2.98. The van der Waals surface area contributed by atoms with Crippen LogP contribution < -0.4 is 9.47 Å². The molecule has 0 amide bonds. The summed E-state index contributed by atoms with van der Waals surface area (Å²) in [7, 11) is 3.26. The first-order valence-electron chi connectivity index (χ1n) is 6.56. The van der Waals surface area contributed by atoms with Gasteiger partial charge in [0.05, 0.1) is 19.9 Å². The van der Waals surface area contributed by atoms with Crippen LogP contribution in [0.4, 0.5) is 0 Å².